The second-order valence-corrected chi connectivity index (χ2v) is 7.47. The first kappa shape index (κ1) is 18.4. The zero-order chi connectivity index (χ0) is 18.8. The highest BCUT2D eigenvalue weighted by atomic mass is 32.2. The highest BCUT2D eigenvalue weighted by molar-refractivity contribution is 7.89. The average Bonchev–Trinajstić information content (AvgIpc) is 3.01. The largest absolute Gasteiger partial charge is 0.416 e. The van der Waals surface area contributed by atoms with Gasteiger partial charge in [0, 0.05) is 30.9 Å². The summed E-state index contributed by atoms with van der Waals surface area (Å²) in [4.78, 5) is 3.86. The predicted molar refractivity (Wildman–Crippen MR) is 91.0 cm³/mol. The molecule has 0 radical (unpaired) electrons. The number of hydrogen-bond acceptors (Lipinski definition) is 3. The summed E-state index contributed by atoms with van der Waals surface area (Å²) < 4.78 is 66.8. The van der Waals surface area contributed by atoms with Crippen molar-refractivity contribution in [3.05, 3.63) is 60.4 Å². The molecule has 3 aromatic rings. The van der Waals surface area contributed by atoms with Crippen molar-refractivity contribution in [1.82, 2.24) is 14.3 Å². The minimum Gasteiger partial charge on any atom is -0.332 e. The number of nitrogens with zero attached hydrogens (tertiary/aromatic N) is 2. The average molecular weight is 383 g/mol. The third-order valence-electron chi connectivity index (χ3n) is 3.86. The van der Waals surface area contributed by atoms with Crippen LogP contribution in [0, 0.1) is 0 Å². The monoisotopic (exact) mass is 383 g/mol. The third-order valence-corrected chi connectivity index (χ3v) is 5.32. The molecule has 5 nitrogen and oxygen atoms in total. The summed E-state index contributed by atoms with van der Waals surface area (Å²) in [6, 6.07) is 9.35. The molecule has 1 N–H and O–H groups in total. The maximum absolute atomic E-state index is 12.7. The number of halogens is 3. The SMILES string of the molecule is O=S(=O)(NCCCn1ccc2cccnc21)c1cccc(C(F)(F)F)c1. The molecule has 0 aliphatic heterocycles. The van der Waals surface area contributed by atoms with Crippen LogP contribution < -0.4 is 4.72 Å². The second kappa shape index (κ2) is 7.08. The number of sulfonamides is 1. The van der Waals surface area contributed by atoms with E-state index in [4.69, 9.17) is 0 Å². The van der Waals surface area contributed by atoms with Crippen LogP contribution in [0.5, 0.6) is 0 Å². The lowest BCUT2D eigenvalue weighted by molar-refractivity contribution is -0.137. The number of aryl methyl sites for hydroxylation is 1. The van der Waals surface area contributed by atoms with Gasteiger partial charge in [-0.15, -0.1) is 0 Å². The molecule has 9 heteroatoms. The molecule has 0 atom stereocenters. The molecule has 0 bridgehead atoms. The first-order chi connectivity index (χ1) is 12.3. The molecule has 0 aliphatic carbocycles. The summed E-state index contributed by atoms with van der Waals surface area (Å²) in [6.45, 7) is 0.636. The fraction of sp³-hybridized carbons (Fsp3) is 0.235. The molecule has 138 valence electrons. The molecule has 0 aliphatic rings. The van der Waals surface area contributed by atoms with Crippen molar-refractivity contribution < 1.29 is 21.6 Å². The van der Waals surface area contributed by atoms with Crippen molar-refractivity contribution in [2.45, 2.75) is 24.0 Å². The normalized spacial score (nSPS) is 12.6. The van der Waals surface area contributed by atoms with Gasteiger partial charge in [0.1, 0.15) is 5.65 Å². The molecule has 0 saturated carbocycles. The van der Waals surface area contributed by atoms with E-state index in [9.17, 15) is 21.6 Å². The van der Waals surface area contributed by atoms with E-state index in [0.29, 0.717) is 19.0 Å². The Balaban J connectivity index is 1.62. The van der Waals surface area contributed by atoms with Crippen LogP contribution in [0.15, 0.2) is 59.8 Å². The number of nitrogens with one attached hydrogen (secondary N) is 1. The second-order valence-electron chi connectivity index (χ2n) is 5.70. The van der Waals surface area contributed by atoms with Crippen molar-refractivity contribution >= 4 is 21.1 Å². The Morgan fingerprint density at radius 1 is 1.12 bits per heavy atom. The molecule has 3 rings (SSSR count). The Morgan fingerprint density at radius 2 is 1.92 bits per heavy atom. The fourth-order valence-corrected chi connectivity index (χ4v) is 3.70. The van der Waals surface area contributed by atoms with Gasteiger partial charge in [-0.1, -0.05) is 6.07 Å². The minimum absolute atomic E-state index is 0.102. The van der Waals surface area contributed by atoms with Gasteiger partial charge in [0.05, 0.1) is 10.5 Å². The summed E-state index contributed by atoms with van der Waals surface area (Å²) in [6.07, 6.45) is -0.583. The van der Waals surface area contributed by atoms with Crippen molar-refractivity contribution in [1.29, 1.82) is 0 Å². The molecular weight excluding hydrogens is 367 g/mol. The van der Waals surface area contributed by atoms with Gasteiger partial charge in [-0.25, -0.2) is 18.1 Å². The van der Waals surface area contributed by atoms with Gasteiger partial charge in [-0.05, 0) is 42.8 Å². The maximum atomic E-state index is 12.7. The number of alkyl halides is 3. The van der Waals surface area contributed by atoms with Crippen LogP contribution in [0.25, 0.3) is 11.0 Å². The Bertz CT molecular complexity index is 1010. The molecule has 26 heavy (non-hydrogen) atoms. The number of pyridine rings is 1. The lowest BCUT2D eigenvalue weighted by Crippen LogP contribution is -2.26. The summed E-state index contributed by atoms with van der Waals surface area (Å²) in [5, 5.41) is 0.983. The molecule has 0 amide bonds. The number of hydrogen-bond donors (Lipinski definition) is 1. The van der Waals surface area contributed by atoms with Crippen LogP contribution in [-0.2, 0) is 22.7 Å². The molecular formula is C17H16F3N3O2S. The summed E-state index contributed by atoms with van der Waals surface area (Å²) >= 11 is 0. The van der Waals surface area contributed by atoms with Crippen molar-refractivity contribution in [3.63, 3.8) is 0 Å². The fourth-order valence-electron chi connectivity index (χ4n) is 2.58. The lowest BCUT2D eigenvalue weighted by Gasteiger charge is -2.10. The first-order valence-corrected chi connectivity index (χ1v) is 9.32. The van der Waals surface area contributed by atoms with Gasteiger partial charge in [0.2, 0.25) is 10.0 Å². The van der Waals surface area contributed by atoms with Crippen LogP contribution in [-0.4, -0.2) is 24.5 Å². The molecule has 1 aromatic carbocycles. The predicted octanol–water partition coefficient (Wildman–Crippen LogP) is 3.42. The zero-order valence-electron chi connectivity index (χ0n) is 13.6. The zero-order valence-corrected chi connectivity index (χ0v) is 14.4. The molecule has 0 saturated heterocycles. The number of fused-ring (bicyclic) bond motifs is 1. The van der Waals surface area contributed by atoms with E-state index < -0.39 is 26.7 Å². The Labute approximate surface area is 148 Å². The highest BCUT2D eigenvalue weighted by Crippen LogP contribution is 2.30. The Morgan fingerprint density at radius 3 is 2.69 bits per heavy atom. The quantitative estimate of drug-likeness (QED) is 0.664. The van der Waals surface area contributed by atoms with Gasteiger partial charge in [-0.3, -0.25) is 0 Å². The van der Waals surface area contributed by atoms with Crippen molar-refractivity contribution in [3.8, 4) is 0 Å². The topological polar surface area (TPSA) is 64.0 Å². The van der Waals surface area contributed by atoms with Crippen LogP contribution in [0.3, 0.4) is 0 Å². The number of rotatable bonds is 6. The Hall–Kier alpha value is -2.39. The summed E-state index contributed by atoms with van der Waals surface area (Å²) in [5.74, 6) is 0. The first-order valence-electron chi connectivity index (χ1n) is 7.84. The van der Waals surface area contributed by atoms with E-state index in [2.05, 4.69) is 9.71 Å². The standard InChI is InChI=1S/C17H16F3N3O2S/c18-17(19,20)14-5-1-6-15(12-14)26(24,25)22-9-3-10-23-11-7-13-4-2-8-21-16(13)23/h1-2,4-8,11-12,22H,3,9-10H2. The van der Waals surface area contributed by atoms with Gasteiger partial charge >= 0.3 is 6.18 Å². The smallest absolute Gasteiger partial charge is 0.332 e. The van der Waals surface area contributed by atoms with Gasteiger partial charge < -0.3 is 4.57 Å². The Kier molecular flexibility index (Phi) is 5.01. The van der Waals surface area contributed by atoms with E-state index in [1.165, 1.54) is 0 Å². The maximum Gasteiger partial charge on any atom is 0.416 e. The van der Waals surface area contributed by atoms with Crippen LogP contribution >= 0.6 is 0 Å². The van der Waals surface area contributed by atoms with Crippen LogP contribution in [0.4, 0.5) is 13.2 Å². The number of benzene rings is 1. The van der Waals surface area contributed by atoms with E-state index in [1.54, 1.807) is 6.20 Å². The van der Waals surface area contributed by atoms with E-state index in [1.807, 2.05) is 29.0 Å². The van der Waals surface area contributed by atoms with Crippen molar-refractivity contribution in [2.75, 3.05) is 6.54 Å². The molecule has 0 spiro atoms. The molecule has 2 aromatic heterocycles. The minimum atomic E-state index is -4.59. The van der Waals surface area contributed by atoms with E-state index >= 15 is 0 Å². The van der Waals surface area contributed by atoms with Gasteiger partial charge in [0.25, 0.3) is 0 Å². The third kappa shape index (κ3) is 4.05. The number of aromatic nitrogens is 2. The van der Waals surface area contributed by atoms with E-state index in [0.717, 1.165) is 29.2 Å². The van der Waals surface area contributed by atoms with Crippen molar-refractivity contribution in [2.24, 2.45) is 0 Å². The van der Waals surface area contributed by atoms with Crippen LogP contribution in [0.2, 0.25) is 0 Å². The lowest BCUT2D eigenvalue weighted by atomic mass is 10.2. The van der Waals surface area contributed by atoms with E-state index in [-0.39, 0.29) is 6.54 Å². The molecule has 0 fully saturated rings. The van der Waals surface area contributed by atoms with Crippen LogP contribution in [0.1, 0.15) is 12.0 Å². The van der Waals surface area contributed by atoms with Gasteiger partial charge in [0.15, 0.2) is 0 Å². The van der Waals surface area contributed by atoms with Gasteiger partial charge in [-0.2, -0.15) is 13.2 Å². The molecule has 0 unspecified atom stereocenters. The summed E-state index contributed by atoms with van der Waals surface area (Å²) in [5.41, 5.74) is -0.196. The summed E-state index contributed by atoms with van der Waals surface area (Å²) in [7, 11) is -4.00. The molecule has 2 heterocycles. The highest BCUT2D eigenvalue weighted by Gasteiger charge is 2.31.